The first kappa shape index (κ1) is 19.9. The lowest BCUT2D eigenvalue weighted by atomic mass is 10.2. The molecule has 0 spiro atoms. The number of nitrogens with zero attached hydrogens (tertiary/aromatic N) is 1. The van der Waals surface area contributed by atoms with Crippen molar-refractivity contribution in [1.82, 2.24) is 9.99 Å². The van der Waals surface area contributed by atoms with Crippen molar-refractivity contribution >= 4 is 31.2 Å². The van der Waals surface area contributed by atoms with Gasteiger partial charge in [-0.05, 0) is 18.5 Å². The van der Waals surface area contributed by atoms with Gasteiger partial charge in [-0.2, -0.15) is 0 Å². The lowest BCUT2D eigenvalue weighted by Crippen LogP contribution is -2.52. The summed E-state index contributed by atoms with van der Waals surface area (Å²) in [5.74, 6) is -1.34. The average Bonchev–Trinajstić information content (AvgIpc) is 2.57. The summed E-state index contributed by atoms with van der Waals surface area (Å²) in [6.07, 6.45) is 0.333. The van der Waals surface area contributed by atoms with Crippen LogP contribution >= 0.6 is 19.3 Å². The van der Waals surface area contributed by atoms with Crippen LogP contribution < -0.4 is 10.8 Å². The number of nitrogens with two attached hydrogens (primary N) is 1. The molecule has 8 nitrogen and oxygen atoms in total. The Morgan fingerprint density at radius 1 is 1.40 bits per heavy atom. The highest BCUT2D eigenvalue weighted by Crippen LogP contribution is 2.42. The third kappa shape index (κ3) is 5.55. The second-order valence-corrected chi connectivity index (χ2v) is 8.93. The Hall–Kier alpha value is -1.38. The van der Waals surface area contributed by atoms with E-state index in [1.165, 1.54) is 16.7 Å². The molecule has 3 unspecified atom stereocenters. The molecule has 25 heavy (non-hydrogen) atoms. The van der Waals surface area contributed by atoms with E-state index in [2.05, 4.69) is 5.09 Å². The highest BCUT2D eigenvalue weighted by atomic mass is 32.2. The second kappa shape index (κ2) is 8.82. The van der Waals surface area contributed by atoms with Gasteiger partial charge in [-0.25, -0.2) is 5.09 Å². The number of carboxylic acid groups (broad SMARTS) is 1. The first-order chi connectivity index (χ1) is 11.8. The molecule has 0 aliphatic carbocycles. The molecule has 1 amide bonds. The number of benzene rings is 1. The number of carbonyl (C=O) groups excluding carboxylic acids is 1. The number of carboxylic acids is 1. The van der Waals surface area contributed by atoms with Crippen molar-refractivity contribution in [2.45, 2.75) is 17.8 Å². The fourth-order valence-electron chi connectivity index (χ4n) is 2.57. The summed E-state index contributed by atoms with van der Waals surface area (Å²) in [5, 5.41) is 11.2. The predicted molar refractivity (Wildman–Crippen MR) is 96.3 cm³/mol. The van der Waals surface area contributed by atoms with Gasteiger partial charge in [0, 0.05) is 11.9 Å². The first-order valence-electron chi connectivity index (χ1n) is 7.82. The van der Waals surface area contributed by atoms with E-state index >= 15 is 0 Å². The molecule has 0 saturated carbocycles. The second-order valence-electron chi connectivity index (χ2n) is 5.71. The number of hydrogen-bond donors (Lipinski definition) is 4. The molecule has 1 aliphatic rings. The van der Waals surface area contributed by atoms with Gasteiger partial charge in [-0.1, -0.05) is 30.3 Å². The smallest absolute Gasteiger partial charge is 0.323 e. The predicted octanol–water partition coefficient (Wildman–Crippen LogP) is 0.838. The highest BCUT2D eigenvalue weighted by Gasteiger charge is 2.40. The zero-order valence-electron chi connectivity index (χ0n) is 13.6. The van der Waals surface area contributed by atoms with Gasteiger partial charge in [0.2, 0.25) is 5.91 Å². The molecule has 1 fully saturated rings. The first-order valence-corrected chi connectivity index (χ1v) is 10.7. The molecule has 1 saturated heterocycles. The van der Waals surface area contributed by atoms with Crippen LogP contribution in [0.3, 0.4) is 0 Å². The SMILES string of the molecule is NCCCP(=O)(O)NC1CSC(c2ccccc2)N(CC(=O)O)C1=O. The van der Waals surface area contributed by atoms with E-state index in [0.717, 1.165) is 5.56 Å². The van der Waals surface area contributed by atoms with Crippen LogP contribution in [-0.4, -0.2) is 57.8 Å². The molecule has 138 valence electrons. The molecular weight excluding hydrogens is 365 g/mol. The molecule has 1 aliphatic heterocycles. The minimum atomic E-state index is -3.71. The Morgan fingerprint density at radius 3 is 2.68 bits per heavy atom. The zero-order valence-corrected chi connectivity index (χ0v) is 15.3. The Labute approximate surface area is 150 Å². The number of carbonyl (C=O) groups is 2. The normalized spacial score (nSPS) is 23.3. The summed E-state index contributed by atoms with van der Waals surface area (Å²) in [6, 6.07) is 8.22. The van der Waals surface area contributed by atoms with Gasteiger partial charge >= 0.3 is 5.97 Å². The maximum absolute atomic E-state index is 12.7. The molecule has 0 aromatic heterocycles. The summed E-state index contributed by atoms with van der Waals surface area (Å²) in [7, 11) is -3.71. The van der Waals surface area contributed by atoms with E-state index in [-0.39, 0.29) is 18.5 Å². The van der Waals surface area contributed by atoms with Crippen molar-refractivity contribution in [3.63, 3.8) is 0 Å². The van der Waals surface area contributed by atoms with Gasteiger partial charge in [0.15, 0.2) is 0 Å². The topological polar surface area (TPSA) is 133 Å². The van der Waals surface area contributed by atoms with Gasteiger partial charge < -0.3 is 20.6 Å². The van der Waals surface area contributed by atoms with Gasteiger partial charge in [0.05, 0.1) is 0 Å². The summed E-state index contributed by atoms with van der Waals surface area (Å²) in [5.41, 5.74) is 6.17. The van der Waals surface area contributed by atoms with E-state index in [0.29, 0.717) is 6.42 Å². The maximum atomic E-state index is 12.7. The molecule has 0 bridgehead atoms. The molecular formula is C15H22N3O5PS. The summed E-state index contributed by atoms with van der Waals surface area (Å²) in [6.45, 7) is -0.192. The van der Waals surface area contributed by atoms with Crippen molar-refractivity contribution in [3.8, 4) is 0 Å². The quantitative estimate of drug-likeness (QED) is 0.482. The summed E-state index contributed by atoms with van der Waals surface area (Å²) >= 11 is 1.37. The molecule has 10 heteroatoms. The van der Waals surface area contributed by atoms with Gasteiger partial charge in [-0.3, -0.25) is 14.2 Å². The van der Waals surface area contributed by atoms with Crippen molar-refractivity contribution in [3.05, 3.63) is 35.9 Å². The van der Waals surface area contributed by atoms with Crippen LogP contribution in [0.1, 0.15) is 17.4 Å². The summed E-state index contributed by atoms with van der Waals surface area (Å²) in [4.78, 5) is 35.1. The molecule has 2 rings (SSSR count). The lowest BCUT2D eigenvalue weighted by molar-refractivity contribution is -0.145. The van der Waals surface area contributed by atoms with Crippen LogP contribution in [0.15, 0.2) is 30.3 Å². The van der Waals surface area contributed by atoms with Gasteiger partial charge in [-0.15, -0.1) is 11.8 Å². The molecule has 3 atom stereocenters. The minimum absolute atomic E-state index is 0.0288. The molecule has 1 heterocycles. The fourth-order valence-corrected chi connectivity index (χ4v) is 5.43. The van der Waals surface area contributed by atoms with Crippen LogP contribution in [0, 0.1) is 0 Å². The van der Waals surface area contributed by atoms with Crippen LogP contribution in [-0.2, 0) is 14.2 Å². The lowest BCUT2D eigenvalue weighted by Gasteiger charge is -2.38. The van der Waals surface area contributed by atoms with Crippen molar-refractivity contribution in [2.24, 2.45) is 5.73 Å². The largest absolute Gasteiger partial charge is 0.480 e. The standard InChI is InChI=1S/C15H22N3O5PS/c16-7-4-8-24(22,23)17-12-10-25-15(11-5-2-1-3-6-11)18(14(12)21)9-13(19)20/h1-3,5-6,12,15H,4,7-10,16H2,(H,19,20)(H2,17,22,23). The number of amides is 1. The van der Waals surface area contributed by atoms with Crippen LogP contribution in [0.4, 0.5) is 0 Å². The van der Waals surface area contributed by atoms with Crippen LogP contribution in [0.2, 0.25) is 0 Å². The third-order valence-corrected chi connectivity index (χ3v) is 6.70. The fraction of sp³-hybridized carbons (Fsp3) is 0.467. The van der Waals surface area contributed by atoms with Gasteiger partial charge in [0.1, 0.15) is 18.0 Å². The number of nitrogens with one attached hydrogen (secondary N) is 1. The van der Waals surface area contributed by atoms with E-state index in [4.69, 9.17) is 10.8 Å². The highest BCUT2D eigenvalue weighted by molar-refractivity contribution is 7.99. The van der Waals surface area contributed by atoms with Gasteiger partial charge in [0.25, 0.3) is 7.52 Å². The molecule has 1 aromatic carbocycles. The molecule has 0 radical (unpaired) electrons. The third-order valence-electron chi connectivity index (χ3n) is 3.70. The van der Waals surface area contributed by atoms with Crippen LogP contribution in [0.5, 0.6) is 0 Å². The van der Waals surface area contributed by atoms with E-state index in [1.54, 1.807) is 0 Å². The molecule has 1 aromatic rings. The van der Waals surface area contributed by atoms with E-state index in [1.807, 2.05) is 30.3 Å². The van der Waals surface area contributed by atoms with E-state index in [9.17, 15) is 19.0 Å². The summed E-state index contributed by atoms with van der Waals surface area (Å²) < 4.78 is 12.2. The zero-order chi connectivity index (χ0) is 18.4. The number of rotatable bonds is 8. The Morgan fingerprint density at radius 2 is 2.08 bits per heavy atom. The van der Waals surface area contributed by atoms with Crippen molar-refractivity contribution < 1.29 is 24.2 Å². The average molecular weight is 387 g/mol. The van der Waals surface area contributed by atoms with Crippen LogP contribution in [0.25, 0.3) is 0 Å². The minimum Gasteiger partial charge on any atom is -0.480 e. The number of hydrogen-bond acceptors (Lipinski definition) is 5. The monoisotopic (exact) mass is 387 g/mol. The van der Waals surface area contributed by atoms with Crippen molar-refractivity contribution in [2.75, 3.05) is 25.0 Å². The Kier molecular flexibility index (Phi) is 7.04. The number of thioether (sulfide) groups is 1. The Balaban J connectivity index is 2.17. The Bertz CT molecular complexity index is 660. The van der Waals surface area contributed by atoms with E-state index < -0.39 is 37.4 Å². The van der Waals surface area contributed by atoms with Crippen molar-refractivity contribution in [1.29, 1.82) is 0 Å². The molecule has 5 N–H and O–H groups in total. The maximum Gasteiger partial charge on any atom is 0.323 e. The number of aliphatic carboxylic acids is 1.